The smallest absolute Gasteiger partial charge is 0.326 e. The van der Waals surface area contributed by atoms with Gasteiger partial charge >= 0.3 is 5.97 Å². The summed E-state index contributed by atoms with van der Waals surface area (Å²) >= 11 is 0. The average Bonchev–Trinajstić information content (AvgIpc) is 3.77. The van der Waals surface area contributed by atoms with E-state index in [0.717, 1.165) is 0 Å². The van der Waals surface area contributed by atoms with Crippen molar-refractivity contribution in [2.45, 2.75) is 123 Å². The number of amides is 5. The van der Waals surface area contributed by atoms with Gasteiger partial charge in [-0.3, -0.25) is 28.8 Å². The summed E-state index contributed by atoms with van der Waals surface area (Å²) in [5.74, 6) is -5.49. The van der Waals surface area contributed by atoms with E-state index in [1.165, 1.54) is 9.80 Å². The van der Waals surface area contributed by atoms with Crippen LogP contribution in [0.2, 0.25) is 0 Å². The summed E-state index contributed by atoms with van der Waals surface area (Å²) in [6.07, 6.45) is 3.02. The largest absolute Gasteiger partial charge is 0.480 e. The van der Waals surface area contributed by atoms with Gasteiger partial charge in [-0.2, -0.15) is 5.21 Å². The second kappa shape index (κ2) is 20.1. The fraction of sp³-hybridized carbons (Fsp3) is 0.641. The Morgan fingerprint density at radius 3 is 2.27 bits per heavy atom. The van der Waals surface area contributed by atoms with Crippen LogP contribution in [0, 0.1) is 23.7 Å². The number of hydrogen-bond donors (Lipinski definition) is 5. The number of carboxylic acid groups (broad SMARTS) is 1. The number of unbranched alkanes of at least 4 members (excludes halogenated alkanes) is 1. The zero-order chi connectivity index (χ0) is 41.1. The molecule has 0 saturated carbocycles. The standard InChI is InChI=1S/C39H57N9O8/c1-7-13-28(34(50)36(52)40-27(39(55)56)20-25-14-9-8-10-15-25)47-19-18-26-21-48(33(24(26)6)38(47)54)37(53)32(23(4)5)42-35(51)31(22(2)3)41-30(49)17-12-11-16-29-43-45-46-44-29/h8-10,14-15,22-24,26-28,31-33H,7,11-13,16-21H2,1-6H3,(H,40,52)(H,41,49)(H,42,51)(H,55,56)(H,43,44,45,46)/t24-,26-,27+,28?,31+,32-,33-/m0/s1. The highest BCUT2D eigenvalue weighted by Gasteiger charge is 2.52. The number of nitrogens with one attached hydrogen (secondary N) is 4. The summed E-state index contributed by atoms with van der Waals surface area (Å²) in [5, 5.41) is 31.6. The molecule has 2 aliphatic heterocycles. The van der Waals surface area contributed by atoms with Crippen molar-refractivity contribution in [1.29, 1.82) is 0 Å². The molecule has 2 aromatic rings. The highest BCUT2D eigenvalue weighted by atomic mass is 16.4. The quantitative estimate of drug-likeness (QED) is 0.0953. The number of aromatic amines is 1. The summed E-state index contributed by atoms with van der Waals surface area (Å²) in [6.45, 7) is 11.4. The number of aliphatic carboxylic acids is 1. The number of hydrogen-bond acceptors (Lipinski definition) is 10. The van der Waals surface area contributed by atoms with E-state index in [-0.39, 0.29) is 61.9 Å². The van der Waals surface area contributed by atoms with Crippen LogP contribution < -0.4 is 16.0 Å². The Balaban J connectivity index is 1.45. The Hall–Kier alpha value is -5.22. The molecule has 2 fully saturated rings. The maximum Gasteiger partial charge on any atom is 0.326 e. The number of nitrogens with zero attached hydrogens (tertiary/aromatic N) is 5. The normalized spacial score (nSPS) is 20.2. The van der Waals surface area contributed by atoms with Crippen LogP contribution in [0.1, 0.15) is 91.5 Å². The van der Waals surface area contributed by atoms with E-state index < -0.39 is 65.6 Å². The van der Waals surface area contributed by atoms with Crippen LogP contribution in [-0.4, -0.2) is 120 Å². The van der Waals surface area contributed by atoms with Crippen molar-refractivity contribution in [3.63, 3.8) is 0 Å². The molecule has 0 aliphatic carbocycles. The van der Waals surface area contributed by atoms with Crippen molar-refractivity contribution >= 4 is 41.3 Å². The molecular weight excluding hydrogens is 722 g/mol. The summed E-state index contributed by atoms with van der Waals surface area (Å²) in [7, 11) is 0. The van der Waals surface area contributed by atoms with Crippen molar-refractivity contribution in [2.24, 2.45) is 23.7 Å². The van der Waals surface area contributed by atoms with Crippen LogP contribution >= 0.6 is 0 Å². The molecule has 2 aliphatic rings. The minimum atomic E-state index is -1.36. The average molecular weight is 780 g/mol. The van der Waals surface area contributed by atoms with E-state index in [4.69, 9.17) is 0 Å². The number of ketones is 1. The molecule has 0 spiro atoms. The van der Waals surface area contributed by atoms with Gasteiger partial charge in [-0.1, -0.05) is 83.5 Å². The molecule has 4 rings (SSSR count). The molecule has 17 nitrogen and oxygen atoms in total. The van der Waals surface area contributed by atoms with Crippen molar-refractivity contribution in [3.05, 3.63) is 41.7 Å². The summed E-state index contributed by atoms with van der Waals surface area (Å²) in [5.41, 5.74) is 0.667. The molecular formula is C39H57N9O8. The van der Waals surface area contributed by atoms with Crippen LogP contribution in [-0.2, 0) is 46.4 Å². The number of aryl methyl sites for hydroxylation is 1. The van der Waals surface area contributed by atoms with Gasteiger partial charge in [0.2, 0.25) is 29.4 Å². The molecule has 2 bridgehead atoms. The van der Waals surface area contributed by atoms with E-state index in [9.17, 15) is 38.7 Å². The van der Waals surface area contributed by atoms with Crippen molar-refractivity contribution in [1.82, 2.24) is 46.4 Å². The Morgan fingerprint density at radius 2 is 1.66 bits per heavy atom. The lowest BCUT2D eigenvalue weighted by Crippen LogP contribution is -2.61. The van der Waals surface area contributed by atoms with Crippen molar-refractivity contribution < 1.29 is 38.7 Å². The number of H-pyrrole nitrogens is 1. The Bertz CT molecular complexity index is 1690. The predicted molar refractivity (Wildman–Crippen MR) is 203 cm³/mol. The van der Waals surface area contributed by atoms with Gasteiger partial charge in [0.25, 0.3) is 5.91 Å². The molecule has 56 heavy (non-hydrogen) atoms. The van der Waals surface area contributed by atoms with Crippen LogP contribution in [0.4, 0.5) is 0 Å². The van der Waals surface area contributed by atoms with Crippen LogP contribution in [0.25, 0.3) is 0 Å². The lowest BCUT2D eigenvalue weighted by atomic mass is 9.91. The maximum absolute atomic E-state index is 14.5. The van der Waals surface area contributed by atoms with Crippen LogP contribution in [0.15, 0.2) is 30.3 Å². The van der Waals surface area contributed by atoms with E-state index >= 15 is 0 Å². The second-order valence-electron chi connectivity index (χ2n) is 15.7. The summed E-state index contributed by atoms with van der Waals surface area (Å²) in [6, 6.07) is 3.35. The zero-order valence-corrected chi connectivity index (χ0v) is 33.2. The Kier molecular flexibility index (Phi) is 15.6. The van der Waals surface area contributed by atoms with E-state index in [0.29, 0.717) is 43.5 Å². The zero-order valence-electron chi connectivity index (χ0n) is 33.2. The summed E-state index contributed by atoms with van der Waals surface area (Å²) < 4.78 is 0. The molecule has 17 heteroatoms. The number of tetrazole rings is 1. The van der Waals surface area contributed by atoms with Gasteiger partial charge in [-0.25, -0.2) is 4.79 Å². The van der Waals surface area contributed by atoms with Crippen LogP contribution in [0.3, 0.4) is 0 Å². The monoisotopic (exact) mass is 779 g/mol. The number of benzene rings is 1. The number of fused-ring (bicyclic) bond motifs is 2. The number of carboxylic acids is 1. The third-order valence-corrected chi connectivity index (χ3v) is 10.9. The van der Waals surface area contributed by atoms with Gasteiger partial charge in [0.05, 0.1) is 0 Å². The molecule has 2 saturated heterocycles. The minimum Gasteiger partial charge on any atom is -0.480 e. The highest BCUT2D eigenvalue weighted by Crippen LogP contribution is 2.37. The number of likely N-dealkylation sites (tertiary alicyclic amines) is 2. The number of rotatable bonds is 20. The molecule has 7 atom stereocenters. The molecule has 1 unspecified atom stereocenters. The molecule has 306 valence electrons. The van der Waals surface area contributed by atoms with Gasteiger partial charge < -0.3 is 30.9 Å². The molecule has 1 aromatic carbocycles. The number of carbonyl (C=O) groups is 7. The lowest BCUT2D eigenvalue weighted by molar-refractivity contribution is -0.153. The van der Waals surface area contributed by atoms with Gasteiger partial charge in [-0.15, -0.1) is 10.2 Å². The van der Waals surface area contributed by atoms with E-state index in [2.05, 4.69) is 36.6 Å². The van der Waals surface area contributed by atoms with Crippen molar-refractivity contribution in [3.8, 4) is 0 Å². The molecule has 5 amide bonds. The topological polar surface area (TPSA) is 237 Å². The van der Waals surface area contributed by atoms with Gasteiger partial charge in [0.1, 0.15) is 30.2 Å². The molecule has 5 N–H and O–H groups in total. The molecule has 3 heterocycles. The fourth-order valence-corrected chi connectivity index (χ4v) is 7.61. The van der Waals surface area contributed by atoms with Gasteiger partial charge in [-0.05, 0) is 54.9 Å². The molecule has 0 radical (unpaired) electrons. The van der Waals surface area contributed by atoms with Gasteiger partial charge in [0.15, 0.2) is 5.82 Å². The Morgan fingerprint density at radius 1 is 0.964 bits per heavy atom. The maximum atomic E-state index is 14.5. The number of aromatic nitrogens is 4. The highest BCUT2D eigenvalue weighted by molar-refractivity contribution is 6.38. The Labute approximate surface area is 327 Å². The number of carbonyl (C=O) groups excluding carboxylic acids is 6. The fourth-order valence-electron chi connectivity index (χ4n) is 7.61. The third kappa shape index (κ3) is 11.0. The first-order valence-electron chi connectivity index (χ1n) is 19.7. The lowest BCUT2D eigenvalue weighted by Gasteiger charge is -2.37. The summed E-state index contributed by atoms with van der Waals surface area (Å²) in [4.78, 5) is 97.5. The van der Waals surface area contributed by atoms with Gasteiger partial charge in [0, 0.05) is 32.4 Å². The SMILES string of the molecule is CCCC(C(=O)C(=O)N[C@H](Cc1ccccc1)C(=O)O)N1CC[C@H]2CN(C(=O)[C@@H](NC(=O)[C@H](NC(=O)CCCCc3nn[nH]n3)C(C)C)C(C)C)[C@H](C1=O)[C@H]2C. The number of Topliss-reactive ketones (excluding diaryl/α,β-unsaturated/α-hetero) is 1. The predicted octanol–water partition coefficient (Wildman–Crippen LogP) is 1.44. The van der Waals surface area contributed by atoms with Crippen molar-refractivity contribution in [2.75, 3.05) is 13.1 Å². The van der Waals surface area contributed by atoms with E-state index in [1.54, 1.807) is 58.0 Å². The molecule has 1 aromatic heterocycles. The first-order chi connectivity index (χ1) is 26.6. The first-order valence-corrected chi connectivity index (χ1v) is 19.7. The first kappa shape index (κ1) is 43.5. The minimum absolute atomic E-state index is 0.0317. The third-order valence-electron chi connectivity index (χ3n) is 10.9. The second-order valence-corrected chi connectivity index (χ2v) is 15.7. The van der Waals surface area contributed by atoms with Crippen LogP contribution in [0.5, 0.6) is 0 Å². The van der Waals surface area contributed by atoms with E-state index in [1.807, 2.05) is 13.8 Å².